The number of nitrogens with one attached hydrogen (secondary N) is 1. The van der Waals surface area contributed by atoms with Crippen molar-refractivity contribution in [1.82, 2.24) is 5.32 Å². The molecule has 0 saturated heterocycles. The van der Waals surface area contributed by atoms with Gasteiger partial charge in [0.05, 0.1) is 12.0 Å². The minimum absolute atomic E-state index is 0.172. The quantitative estimate of drug-likeness (QED) is 0.743. The zero-order chi connectivity index (χ0) is 13.6. The van der Waals surface area contributed by atoms with Gasteiger partial charge in [-0.05, 0) is 12.1 Å². The number of ether oxygens (including phenoxy) is 2. The summed E-state index contributed by atoms with van der Waals surface area (Å²) in [7, 11) is 0. The third kappa shape index (κ3) is 1.52. The molecule has 0 saturated carbocycles. The first-order valence-corrected chi connectivity index (χ1v) is 4.64. The lowest BCUT2D eigenvalue weighted by Gasteiger charge is -2.26. The first-order chi connectivity index (χ1) is 8.95. The van der Waals surface area contributed by atoms with Crippen molar-refractivity contribution < 1.29 is 15.0 Å². The van der Waals surface area contributed by atoms with E-state index in [9.17, 15) is 0 Å². The molecule has 15 heavy (non-hydrogen) atoms. The van der Waals surface area contributed by atoms with Crippen molar-refractivity contribution in [2.75, 3.05) is 19.6 Å². The molecule has 0 amide bonds. The SMILES string of the molecule is [2H]c1ccc2c(c1)OCC(C1=NC([2H])([2H])[C@H]([2H])N1)O2. The standard InChI is InChI=1S/C11H12N2O2/c1-2-4-9-8(3-1)14-7-10(15-9)11-12-5-6-13-11/h1-4,10H,5-7H2,(H,12,13)/i1D,5D,6D2/t5-,10?/m0/s1. The molecule has 1 aromatic rings. The Kier molecular flexibility index (Phi) is 1.24. The van der Waals surface area contributed by atoms with Crippen molar-refractivity contribution in [3.63, 3.8) is 0 Å². The molecule has 0 spiro atoms. The van der Waals surface area contributed by atoms with Crippen molar-refractivity contribution >= 4 is 5.84 Å². The van der Waals surface area contributed by atoms with E-state index in [1.54, 1.807) is 18.2 Å². The van der Waals surface area contributed by atoms with Gasteiger partial charge in [-0.25, -0.2) is 0 Å². The van der Waals surface area contributed by atoms with Gasteiger partial charge >= 0.3 is 0 Å². The van der Waals surface area contributed by atoms with E-state index in [0.29, 0.717) is 17.5 Å². The zero-order valence-corrected chi connectivity index (χ0v) is 7.86. The Morgan fingerprint density at radius 2 is 2.53 bits per heavy atom. The first-order valence-electron chi connectivity index (χ1n) is 6.72. The van der Waals surface area contributed by atoms with Crippen LogP contribution in [-0.2, 0) is 0 Å². The second-order valence-corrected chi connectivity index (χ2v) is 3.21. The minimum atomic E-state index is -1.95. The number of benzene rings is 1. The molecular formula is C11H12N2O2. The van der Waals surface area contributed by atoms with Crippen molar-refractivity contribution in [3.8, 4) is 11.5 Å². The fraction of sp³-hybridized carbons (Fsp3) is 0.364. The highest BCUT2D eigenvalue weighted by Gasteiger charge is 2.26. The molecule has 3 rings (SSSR count). The van der Waals surface area contributed by atoms with Crippen LogP contribution in [0.2, 0.25) is 0 Å². The molecule has 2 heterocycles. The summed E-state index contributed by atoms with van der Waals surface area (Å²) >= 11 is 0. The molecule has 0 fully saturated rings. The van der Waals surface area contributed by atoms with E-state index in [0.717, 1.165) is 0 Å². The van der Waals surface area contributed by atoms with Crippen LogP contribution in [0.15, 0.2) is 29.2 Å². The highest BCUT2D eigenvalue weighted by Crippen LogP contribution is 2.31. The fourth-order valence-electron chi connectivity index (χ4n) is 1.50. The lowest BCUT2D eigenvalue weighted by Crippen LogP contribution is -2.42. The second-order valence-electron chi connectivity index (χ2n) is 3.21. The summed E-state index contributed by atoms with van der Waals surface area (Å²) in [5.41, 5.74) is 0. The third-order valence-corrected chi connectivity index (χ3v) is 2.22. The van der Waals surface area contributed by atoms with Gasteiger partial charge in [0.25, 0.3) is 0 Å². The Labute approximate surface area is 93.5 Å². The normalized spacial score (nSPS) is 35.3. The molecule has 2 aliphatic heterocycles. The zero-order valence-electron chi connectivity index (χ0n) is 11.9. The van der Waals surface area contributed by atoms with E-state index in [-0.39, 0.29) is 12.4 Å². The molecule has 78 valence electrons. The van der Waals surface area contributed by atoms with Gasteiger partial charge < -0.3 is 14.8 Å². The third-order valence-electron chi connectivity index (χ3n) is 2.22. The molecule has 2 atom stereocenters. The van der Waals surface area contributed by atoms with Crippen LogP contribution in [0.3, 0.4) is 0 Å². The molecule has 1 N–H and O–H groups in total. The van der Waals surface area contributed by atoms with Gasteiger partial charge in [-0.2, -0.15) is 0 Å². The van der Waals surface area contributed by atoms with Crippen LogP contribution in [-0.4, -0.2) is 31.6 Å². The van der Waals surface area contributed by atoms with Crippen LogP contribution in [0.25, 0.3) is 0 Å². The van der Waals surface area contributed by atoms with E-state index in [1.165, 1.54) is 0 Å². The number of nitrogens with zero attached hydrogens (tertiary/aromatic N) is 1. The van der Waals surface area contributed by atoms with Crippen molar-refractivity contribution in [1.29, 1.82) is 0 Å². The highest BCUT2D eigenvalue weighted by atomic mass is 16.6. The Bertz CT molecular complexity index is 549. The molecule has 1 aromatic carbocycles. The number of hydrogen-bond donors (Lipinski definition) is 1. The van der Waals surface area contributed by atoms with Crippen LogP contribution in [0, 0.1) is 0 Å². The van der Waals surface area contributed by atoms with Gasteiger partial charge in [-0.3, -0.25) is 4.99 Å². The average molecular weight is 208 g/mol. The van der Waals surface area contributed by atoms with Gasteiger partial charge in [-0.1, -0.05) is 12.1 Å². The maximum Gasteiger partial charge on any atom is 0.189 e. The number of para-hydroxylation sites is 2. The number of rotatable bonds is 1. The lowest BCUT2D eigenvalue weighted by molar-refractivity contribution is 0.133. The molecule has 4 nitrogen and oxygen atoms in total. The number of hydrogen-bond acceptors (Lipinski definition) is 4. The summed E-state index contributed by atoms with van der Waals surface area (Å²) in [6.45, 7) is -2.92. The van der Waals surface area contributed by atoms with Crippen LogP contribution in [0.4, 0.5) is 0 Å². The summed E-state index contributed by atoms with van der Waals surface area (Å²) in [4.78, 5) is 3.82. The summed E-state index contributed by atoms with van der Waals surface area (Å²) in [5.74, 6) is 1.27. The van der Waals surface area contributed by atoms with Crippen LogP contribution in [0.5, 0.6) is 11.5 Å². The summed E-state index contributed by atoms with van der Waals surface area (Å²) in [6, 6.07) is 5.11. The molecule has 0 bridgehead atoms. The highest BCUT2D eigenvalue weighted by molar-refractivity contribution is 5.88. The second kappa shape index (κ2) is 3.46. The summed E-state index contributed by atoms with van der Waals surface area (Å²) < 4.78 is 41.2. The molecular weight excluding hydrogens is 192 g/mol. The van der Waals surface area contributed by atoms with Crippen molar-refractivity contribution in [2.45, 2.75) is 6.10 Å². The van der Waals surface area contributed by atoms with E-state index >= 15 is 0 Å². The molecule has 2 aliphatic rings. The minimum Gasteiger partial charge on any atom is -0.485 e. The van der Waals surface area contributed by atoms with E-state index in [2.05, 4.69) is 10.3 Å². The monoisotopic (exact) mass is 208 g/mol. The summed E-state index contributed by atoms with van der Waals surface area (Å²) in [5, 5.41) is 2.66. The largest absolute Gasteiger partial charge is 0.485 e. The Morgan fingerprint density at radius 3 is 3.40 bits per heavy atom. The average Bonchev–Trinajstić information content (AvgIpc) is 2.63. The maximum absolute atomic E-state index is 7.54. The smallest absolute Gasteiger partial charge is 0.189 e. The molecule has 0 radical (unpaired) electrons. The summed E-state index contributed by atoms with van der Waals surface area (Å²) in [6.07, 6.45) is -0.561. The number of amidine groups is 1. The van der Waals surface area contributed by atoms with Gasteiger partial charge in [0.15, 0.2) is 17.6 Å². The molecule has 0 aliphatic carbocycles. The van der Waals surface area contributed by atoms with Crippen molar-refractivity contribution in [3.05, 3.63) is 24.2 Å². The van der Waals surface area contributed by atoms with E-state index in [4.69, 9.17) is 15.0 Å². The van der Waals surface area contributed by atoms with Crippen molar-refractivity contribution in [2.24, 2.45) is 4.99 Å². The Morgan fingerprint density at radius 1 is 1.53 bits per heavy atom. The number of fused-ring (bicyclic) bond motifs is 1. The fourth-order valence-corrected chi connectivity index (χ4v) is 1.50. The van der Waals surface area contributed by atoms with Gasteiger partial charge in [0.1, 0.15) is 12.4 Å². The predicted molar refractivity (Wildman–Crippen MR) is 56.7 cm³/mol. The first kappa shape index (κ1) is 5.39. The Hall–Kier alpha value is -1.71. The van der Waals surface area contributed by atoms with Gasteiger partial charge in [0.2, 0.25) is 0 Å². The molecule has 1 unspecified atom stereocenters. The van der Waals surface area contributed by atoms with Crippen LogP contribution >= 0.6 is 0 Å². The topological polar surface area (TPSA) is 42.8 Å². The van der Waals surface area contributed by atoms with Crippen LogP contribution < -0.4 is 14.8 Å². The molecule has 0 aromatic heterocycles. The van der Waals surface area contributed by atoms with E-state index < -0.39 is 19.1 Å². The van der Waals surface area contributed by atoms with Gasteiger partial charge in [-0.15, -0.1) is 0 Å². The molecule has 4 heteroatoms. The van der Waals surface area contributed by atoms with E-state index in [1.807, 2.05) is 0 Å². The lowest BCUT2D eigenvalue weighted by atomic mass is 10.2. The Balaban J connectivity index is 1.82. The van der Waals surface area contributed by atoms with Gasteiger partial charge in [0, 0.05) is 6.52 Å². The maximum atomic E-state index is 7.54. The van der Waals surface area contributed by atoms with Crippen LogP contribution in [0.1, 0.15) is 5.48 Å². The predicted octanol–water partition coefficient (Wildman–Crippen LogP) is 0.828. The number of aliphatic imine (C=N–C) groups is 1.